The highest BCUT2D eigenvalue weighted by atomic mass is 32.1. The maximum atomic E-state index is 12.6. The van der Waals surface area contributed by atoms with Crippen LogP contribution < -0.4 is 10.6 Å². The van der Waals surface area contributed by atoms with Crippen LogP contribution in [0.25, 0.3) is 10.1 Å². The van der Waals surface area contributed by atoms with E-state index in [0.717, 1.165) is 22.9 Å². The number of hydrogen-bond donors (Lipinski definition) is 2. The molecule has 22 heavy (non-hydrogen) atoms. The number of hydrogen-bond acceptors (Lipinski definition) is 4. The highest BCUT2D eigenvalue weighted by molar-refractivity contribution is 7.13. The maximum Gasteiger partial charge on any atom is 0.272 e. The van der Waals surface area contributed by atoms with Gasteiger partial charge in [-0.25, -0.2) is 0 Å². The van der Waals surface area contributed by atoms with Crippen molar-refractivity contribution in [1.29, 1.82) is 0 Å². The number of carbonyl (C=O) groups is 2. The van der Waals surface area contributed by atoms with E-state index in [9.17, 15) is 9.59 Å². The fourth-order valence-corrected chi connectivity index (χ4v) is 3.89. The van der Waals surface area contributed by atoms with Crippen LogP contribution in [0.1, 0.15) is 37.2 Å². The molecule has 0 bridgehead atoms. The Labute approximate surface area is 133 Å². The van der Waals surface area contributed by atoms with Crippen molar-refractivity contribution in [3.8, 4) is 0 Å². The third-order valence-corrected chi connectivity index (χ3v) is 5.59. The normalized spacial score (nSPS) is 20.1. The smallest absolute Gasteiger partial charge is 0.272 e. The van der Waals surface area contributed by atoms with Crippen molar-refractivity contribution in [2.75, 3.05) is 6.54 Å². The average Bonchev–Trinajstić information content (AvgIpc) is 3.10. The van der Waals surface area contributed by atoms with E-state index >= 15 is 0 Å². The molecule has 1 aliphatic rings. The highest BCUT2D eigenvalue weighted by Crippen LogP contribution is 2.34. The van der Waals surface area contributed by atoms with E-state index < -0.39 is 6.04 Å². The second kappa shape index (κ2) is 5.68. The molecule has 1 fully saturated rings. The minimum absolute atomic E-state index is 0.100. The first-order valence-corrected chi connectivity index (χ1v) is 8.31. The molecular formula is C16H19N3O2S. The van der Waals surface area contributed by atoms with Gasteiger partial charge >= 0.3 is 0 Å². The Kier molecular flexibility index (Phi) is 3.87. The summed E-state index contributed by atoms with van der Waals surface area (Å²) < 4.78 is 5.23. The SMILES string of the molecule is CCC1(CC)CNC(=O)C1NC(=O)c1nsc2ccccc12. The Balaban J connectivity index is 1.88. The summed E-state index contributed by atoms with van der Waals surface area (Å²) in [5.41, 5.74) is 0.194. The van der Waals surface area contributed by atoms with Gasteiger partial charge < -0.3 is 10.6 Å². The van der Waals surface area contributed by atoms with Crippen molar-refractivity contribution in [2.24, 2.45) is 5.41 Å². The summed E-state index contributed by atoms with van der Waals surface area (Å²) in [7, 11) is 0. The third kappa shape index (κ3) is 2.27. The number of nitrogens with one attached hydrogen (secondary N) is 2. The van der Waals surface area contributed by atoms with Crippen LogP contribution >= 0.6 is 11.5 Å². The van der Waals surface area contributed by atoms with E-state index in [1.54, 1.807) is 0 Å². The van der Waals surface area contributed by atoms with Crippen molar-refractivity contribution in [3.05, 3.63) is 30.0 Å². The number of rotatable bonds is 4. The van der Waals surface area contributed by atoms with Crippen molar-refractivity contribution >= 4 is 33.4 Å². The molecular weight excluding hydrogens is 298 g/mol. The molecule has 1 aromatic carbocycles. The van der Waals surface area contributed by atoms with E-state index in [1.807, 2.05) is 24.3 Å². The van der Waals surface area contributed by atoms with Gasteiger partial charge in [-0.15, -0.1) is 0 Å². The van der Waals surface area contributed by atoms with Gasteiger partial charge in [-0.05, 0) is 30.4 Å². The standard InChI is InChI=1S/C16H19N3O2S/c1-3-16(4-2)9-17-15(21)13(16)18-14(20)12-10-7-5-6-8-11(10)22-19-12/h5-8,13H,3-4,9H2,1-2H3,(H,17,21)(H,18,20). The second-order valence-electron chi connectivity index (χ2n) is 5.72. The monoisotopic (exact) mass is 317 g/mol. The molecule has 2 heterocycles. The van der Waals surface area contributed by atoms with Gasteiger partial charge in [0.25, 0.3) is 5.91 Å². The van der Waals surface area contributed by atoms with E-state index in [0.29, 0.717) is 12.2 Å². The molecule has 3 rings (SSSR count). The summed E-state index contributed by atoms with van der Waals surface area (Å²) in [6.07, 6.45) is 1.68. The molecule has 0 saturated carbocycles. The lowest BCUT2D eigenvalue weighted by molar-refractivity contribution is -0.121. The van der Waals surface area contributed by atoms with Gasteiger partial charge in [0.15, 0.2) is 0 Å². The topological polar surface area (TPSA) is 71.1 Å². The number of benzene rings is 1. The summed E-state index contributed by atoms with van der Waals surface area (Å²) in [5, 5.41) is 6.62. The molecule has 116 valence electrons. The van der Waals surface area contributed by atoms with Gasteiger partial charge in [-0.3, -0.25) is 9.59 Å². The second-order valence-corrected chi connectivity index (χ2v) is 6.53. The zero-order chi connectivity index (χ0) is 15.7. The van der Waals surface area contributed by atoms with Gasteiger partial charge in [-0.2, -0.15) is 4.37 Å². The molecule has 5 nitrogen and oxygen atoms in total. The van der Waals surface area contributed by atoms with Crippen LogP contribution in [0.15, 0.2) is 24.3 Å². The quantitative estimate of drug-likeness (QED) is 0.909. The zero-order valence-corrected chi connectivity index (χ0v) is 13.5. The lowest BCUT2D eigenvalue weighted by Crippen LogP contribution is -2.49. The molecule has 0 spiro atoms. The molecule has 0 aliphatic carbocycles. The summed E-state index contributed by atoms with van der Waals surface area (Å²) in [6.45, 7) is 4.73. The molecule has 1 aliphatic heterocycles. The number of aromatic nitrogens is 1. The Hall–Kier alpha value is -1.95. The number of amides is 2. The van der Waals surface area contributed by atoms with Crippen LogP contribution in [0.2, 0.25) is 0 Å². The third-order valence-electron chi connectivity index (χ3n) is 4.77. The minimum Gasteiger partial charge on any atom is -0.354 e. The van der Waals surface area contributed by atoms with Crippen molar-refractivity contribution in [3.63, 3.8) is 0 Å². The molecule has 1 saturated heterocycles. The van der Waals surface area contributed by atoms with Crippen molar-refractivity contribution in [1.82, 2.24) is 15.0 Å². The van der Waals surface area contributed by atoms with Crippen molar-refractivity contribution < 1.29 is 9.59 Å². The largest absolute Gasteiger partial charge is 0.354 e. The van der Waals surface area contributed by atoms with E-state index in [2.05, 4.69) is 28.9 Å². The van der Waals surface area contributed by atoms with Crippen molar-refractivity contribution in [2.45, 2.75) is 32.7 Å². The minimum atomic E-state index is -0.490. The Bertz CT molecular complexity index is 721. The lowest BCUT2D eigenvalue weighted by Gasteiger charge is -2.31. The molecule has 2 aromatic rings. The first-order valence-electron chi connectivity index (χ1n) is 7.54. The lowest BCUT2D eigenvalue weighted by atomic mass is 9.77. The van der Waals surface area contributed by atoms with Crippen LogP contribution in [0.3, 0.4) is 0 Å². The predicted octanol–water partition coefficient (Wildman–Crippen LogP) is 2.33. The molecule has 1 aromatic heterocycles. The molecule has 0 radical (unpaired) electrons. The molecule has 1 atom stereocenters. The predicted molar refractivity (Wildman–Crippen MR) is 86.9 cm³/mol. The van der Waals surface area contributed by atoms with Gasteiger partial charge in [0.1, 0.15) is 11.7 Å². The van der Waals surface area contributed by atoms with Crippen LogP contribution in [0, 0.1) is 5.41 Å². The number of nitrogens with zero attached hydrogens (tertiary/aromatic N) is 1. The van der Waals surface area contributed by atoms with Crippen LogP contribution in [-0.2, 0) is 4.79 Å². The first kappa shape index (κ1) is 15.0. The van der Waals surface area contributed by atoms with Crippen LogP contribution in [-0.4, -0.2) is 28.8 Å². The molecule has 6 heteroatoms. The Morgan fingerprint density at radius 2 is 2.14 bits per heavy atom. The first-order chi connectivity index (χ1) is 10.6. The van der Waals surface area contributed by atoms with Crippen LogP contribution in [0.5, 0.6) is 0 Å². The molecule has 2 N–H and O–H groups in total. The molecule has 1 unspecified atom stereocenters. The number of fused-ring (bicyclic) bond motifs is 1. The van der Waals surface area contributed by atoms with Gasteiger partial charge in [0.05, 0.1) is 4.70 Å². The molecule has 2 amide bonds. The summed E-state index contributed by atoms with van der Waals surface area (Å²) in [5.74, 6) is -0.373. The van der Waals surface area contributed by atoms with E-state index in [-0.39, 0.29) is 17.2 Å². The zero-order valence-electron chi connectivity index (χ0n) is 12.7. The van der Waals surface area contributed by atoms with E-state index in [4.69, 9.17) is 0 Å². The van der Waals surface area contributed by atoms with Gasteiger partial charge in [0, 0.05) is 17.3 Å². The average molecular weight is 317 g/mol. The Morgan fingerprint density at radius 1 is 1.41 bits per heavy atom. The summed E-state index contributed by atoms with van der Waals surface area (Å²) in [4.78, 5) is 24.7. The summed E-state index contributed by atoms with van der Waals surface area (Å²) >= 11 is 1.30. The number of carbonyl (C=O) groups excluding carboxylic acids is 2. The fraction of sp³-hybridized carbons (Fsp3) is 0.438. The van der Waals surface area contributed by atoms with Gasteiger partial charge in [0.2, 0.25) is 5.91 Å². The maximum absolute atomic E-state index is 12.6. The highest BCUT2D eigenvalue weighted by Gasteiger charge is 2.46. The Morgan fingerprint density at radius 3 is 2.86 bits per heavy atom. The fourth-order valence-electron chi connectivity index (χ4n) is 3.12. The van der Waals surface area contributed by atoms with E-state index in [1.165, 1.54) is 11.5 Å². The van der Waals surface area contributed by atoms with Gasteiger partial charge in [-0.1, -0.05) is 32.0 Å². The van der Waals surface area contributed by atoms with Crippen LogP contribution in [0.4, 0.5) is 0 Å². The summed E-state index contributed by atoms with van der Waals surface area (Å²) in [6, 6.07) is 7.14.